The van der Waals surface area contributed by atoms with E-state index in [1.807, 2.05) is 23.2 Å². The molecule has 0 amide bonds. The smallest absolute Gasteiger partial charge is 0.234 e. The van der Waals surface area contributed by atoms with E-state index >= 15 is 0 Å². The molecule has 0 aliphatic carbocycles. The fourth-order valence-electron chi connectivity index (χ4n) is 4.37. The summed E-state index contributed by atoms with van der Waals surface area (Å²) in [6.45, 7) is 1.04. The molecule has 0 N–H and O–H groups in total. The number of nitrogens with zero attached hydrogens (tertiary/aromatic N) is 5. The normalized spacial score (nSPS) is 22.4. The molecular weight excluding hydrogens is 334 g/mol. The van der Waals surface area contributed by atoms with Gasteiger partial charge in [0.05, 0.1) is 0 Å². The number of fused-ring (bicyclic) bond motifs is 2. The van der Waals surface area contributed by atoms with Crippen molar-refractivity contribution < 1.29 is 0 Å². The topological polar surface area (TPSA) is 46.8 Å². The van der Waals surface area contributed by atoms with Crippen molar-refractivity contribution in [3.63, 3.8) is 0 Å². The average Bonchev–Trinajstić information content (AvgIpc) is 3.24. The van der Waals surface area contributed by atoms with Crippen LogP contribution in [0, 0.1) is 0 Å². The SMILES string of the molecule is C1=C(c2cnc(-n3ccnc3)nc2)CC2CCCC1N2Cc1ccccc1. The third-order valence-corrected chi connectivity index (χ3v) is 5.73. The first kappa shape index (κ1) is 16.4. The van der Waals surface area contributed by atoms with Gasteiger partial charge in [-0.25, -0.2) is 15.0 Å². The molecule has 2 unspecified atom stereocenters. The Balaban J connectivity index is 1.38. The van der Waals surface area contributed by atoms with Crippen LogP contribution in [0.4, 0.5) is 0 Å². The number of rotatable bonds is 4. The van der Waals surface area contributed by atoms with Crippen LogP contribution in [0.2, 0.25) is 0 Å². The molecule has 1 aromatic carbocycles. The zero-order chi connectivity index (χ0) is 18.1. The lowest BCUT2D eigenvalue weighted by Crippen LogP contribution is -2.47. The molecule has 5 nitrogen and oxygen atoms in total. The average molecular weight is 357 g/mol. The molecule has 5 heteroatoms. The lowest BCUT2D eigenvalue weighted by molar-refractivity contribution is 0.0951. The lowest BCUT2D eigenvalue weighted by atomic mass is 9.83. The number of aromatic nitrogens is 4. The van der Waals surface area contributed by atoms with E-state index in [1.54, 1.807) is 12.5 Å². The zero-order valence-electron chi connectivity index (χ0n) is 15.3. The quantitative estimate of drug-likeness (QED) is 0.711. The molecule has 2 aliphatic heterocycles. The fraction of sp³-hybridized carbons (Fsp3) is 0.318. The van der Waals surface area contributed by atoms with Gasteiger partial charge >= 0.3 is 0 Å². The van der Waals surface area contributed by atoms with E-state index in [-0.39, 0.29) is 0 Å². The first-order valence-electron chi connectivity index (χ1n) is 9.68. The summed E-state index contributed by atoms with van der Waals surface area (Å²) in [5.74, 6) is 0.665. The molecule has 0 spiro atoms. The molecule has 136 valence electrons. The molecule has 1 fully saturated rings. The van der Waals surface area contributed by atoms with Crippen molar-refractivity contribution in [1.82, 2.24) is 24.4 Å². The highest BCUT2D eigenvalue weighted by Crippen LogP contribution is 2.37. The molecule has 2 bridgehead atoms. The predicted octanol–water partition coefficient (Wildman–Crippen LogP) is 3.87. The van der Waals surface area contributed by atoms with E-state index in [0.717, 1.165) is 18.5 Å². The molecule has 5 rings (SSSR count). The maximum absolute atomic E-state index is 4.53. The Kier molecular flexibility index (Phi) is 4.30. The third kappa shape index (κ3) is 3.30. The summed E-state index contributed by atoms with van der Waals surface area (Å²) in [7, 11) is 0. The molecule has 0 saturated carbocycles. The van der Waals surface area contributed by atoms with Crippen molar-refractivity contribution in [2.24, 2.45) is 0 Å². The molecular formula is C22H23N5. The number of hydrogen-bond donors (Lipinski definition) is 0. The van der Waals surface area contributed by atoms with Gasteiger partial charge in [0.1, 0.15) is 6.33 Å². The van der Waals surface area contributed by atoms with E-state index in [1.165, 1.54) is 30.4 Å². The fourth-order valence-corrected chi connectivity index (χ4v) is 4.37. The molecule has 2 atom stereocenters. The van der Waals surface area contributed by atoms with Gasteiger partial charge in [0.2, 0.25) is 5.95 Å². The summed E-state index contributed by atoms with van der Waals surface area (Å²) in [6.07, 6.45) is 16.6. The summed E-state index contributed by atoms with van der Waals surface area (Å²) in [6, 6.07) is 11.9. The minimum Gasteiger partial charge on any atom is -0.289 e. The van der Waals surface area contributed by atoms with Gasteiger partial charge in [-0.15, -0.1) is 0 Å². The van der Waals surface area contributed by atoms with Crippen LogP contribution in [0.25, 0.3) is 11.5 Å². The molecule has 3 aromatic rings. The summed E-state index contributed by atoms with van der Waals surface area (Å²) in [5, 5.41) is 0. The second kappa shape index (κ2) is 7.08. The van der Waals surface area contributed by atoms with E-state index in [4.69, 9.17) is 0 Å². The highest BCUT2D eigenvalue weighted by Gasteiger charge is 2.34. The van der Waals surface area contributed by atoms with Gasteiger partial charge in [0.15, 0.2) is 0 Å². The number of hydrogen-bond acceptors (Lipinski definition) is 4. The second-order valence-electron chi connectivity index (χ2n) is 7.45. The summed E-state index contributed by atoms with van der Waals surface area (Å²) in [5.41, 5.74) is 3.94. The zero-order valence-corrected chi connectivity index (χ0v) is 15.3. The minimum absolute atomic E-state index is 0.515. The highest BCUT2D eigenvalue weighted by molar-refractivity contribution is 5.66. The molecule has 2 aromatic heterocycles. The Hall–Kier alpha value is -2.79. The van der Waals surface area contributed by atoms with E-state index in [2.05, 4.69) is 56.3 Å². The first-order valence-corrected chi connectivity index (χ1v) is 9.68. The van der Waals surface area contributed by atoms with E-state index in [0.29, 0.717) is 18.0 Å². The van der Waals surface area contributed by atoms with E-state index < -0.39 is 0 Å². The number of imidazole rings is 1. The molecule has 2 aliphatic rings. The largest absolute Gasteiger partial charge is 0.289 e. The molecule has 0 radical (unpaired) electrons. The van der Waals surface area contributed by atoms with Crippen LogP contribution in [0.5, 0.6) is 0 Å². The summed E-state index contributed by atoms with van der Waals surface area (Å²) < 4.78 is 1.83. The standard InChI is InChI=1S/C22H23N5/c1-2-5-17(6-3-1)15-27-20-7-4-8-21(27)12-18(11-20)19-13-24-22(25-14-19)26-10-9-23-16-26/h1-3,5-6,9-11,13-14,16,20-21H,4,7-8,12,15H2. The predicted molar refractivity (Wildman–Crippen MR) is 105 cm³/mol. The van der Waals surface area contributed by atoms with Crippen LogP contribution in [-0.4, -0.2) is 36.5 Å². The summed E-state index contributed by atoms with van der Waals surface area (Å²) >= 11 is 0. The molecule has 27 heavy (non-hydrogen) atoms. The molecule has 4 heterocycles. The van der Waals surface area contributed by atoms with Crippen LogP contribution in [0.1, 0.15) is 36.8 Å². The Morgan fingerprint density at radius 2 is 1.89 bits per heavy atom. The maximum atomic E-state index is 4.53. The van der Waals surface area contributed by atoms with Crippen molar-refractivity contribution in [3.05, 3.63) is 78.6 Å². The van der Waals surface area contributed by atoms with Gasteiger partial charge in [0.25, 0.3) is 0 Å². The van der Waals surface area contributed by atoms with Gasteiger partial charge in [-0.3, -0.25) is 9.47 Å². The highest BCUT2D eigenvalue weighted by atomic mass is 15.2. The number of piperidine rings is 1. The monoisotopic (exact) mass is 357 g/mol. The first-order chi connectivity index (χ1) is 13.4. The van der Waals surface area contributed by atoms with Crippen LogP contribution < -0.4 is 0 Å². The van der Waals surface area contributed by atoms with Gasteiger partial charge in [0, 0.05) is 49.0 Å². The molecule has 1 saturated heterocycles. The van der Waals surface area contributed by atoms with Crippen molar-refractivity contribution in [2.45, 2.75) is 44.3 Å². The lowest BCUT2D eigenvalue weighted by Gasteiger charge is -2.45. The Morgan fingerprint density at radius 1 is 1.04 bits per heavy atom. The van der Waals surface area contributed by atoms with Crippen molar-refractivity contribution in [1.29, 1.82) is 0 Å². The van der Waals surface area contributed by atoms with Gasteiger partial charge < -0.3 is 0 Å². The summed E-state index contributed by atoms with van der Waals surface area (Å²) in [4.78, 5) is 15.8. The van der Waals surface area contributed by atoms with Gasteiger partial charge in [-0.1, -0.05) is 42.8 Å². The number of benzene rings is 1. The van der Waals surface area contributed by atoms with Crippen LogP contribution in [-0.2, 0) is 6.54 Å². The van der Waals surface area contributed by atoms with Crippen LogP contribution in [0.15, 0.2) is 67.5 Å². The second-order valence-corrected chi connectivity index (χ2v) is 7.45. The van der Waals surface area contributed by atoms with Crippen LogP contribution >= 0.6 is 0 Å². The van der Waals surface area contributed by atoms with Gasteiger partial charge in [-0.2, -0.15) is 0 Å². The Morgan fingerprint density at radius 3 is 2.63 bits per heavy atom. The third-order valence-electron chi connectivity index (χ3n) is 5.73. The van der Waals surface area contributed by atoms with Crippen molar-refractivity contribution in [3.8, 4) is 5.95 Å². The van der Waals surface area contributed by atoms with Crippen molar-refractivity contribution >= 4 is 5.57 Å². The maximum Gasteiger partial charge on any atom is 0.234 e. The van der Waals surface area contributed by atoms with Gasteiger partial charge in [-0.05, 0) is 30.4 Å². The van der Waals surface area contributed by atoms with Crippen molar-refractivity contribution in [2.75, 3.05) is 0 Å². The Labute approximate surface area is 159 Å². The van der Waals surface area contributed by atoms with Crippen LogP contribution in [0.3, 0.4) is 0 Å². The Bertz CT molecular complexity index is 915. The van der Waals surface area contributed by atoms with E-state index in [9.17, 15) is 0 Å². The minimum atomic E-state index is 0.515.